The quantitative estimate of drug-likeness (QED) is 0.784. The predicted molar refractivity (Wildman–Crippen MR) is 62.1 cm³/mol. The number of nitrogens with two attached hydrogens (primary N) is 2. The summed E-state index contributed by atoms with van der Waals surface area (Å²) in [6.45, 7) is -0.0135. The van der Waals surface area contributed by atoms with Crippen LogP contribution in [0.2, 0.25) is 5.02 Å². The van der Waals surface area contributed by atoms with Gasteiger partial charge in [0, 0.05) is 6.54 Å². The van der Waals surface area contributed by atoms with Crippen LogP contribution in [0.3, 0.4) is 0 Å². The molecule has 0 aliphatic heterocycles. The molecule has 0 aliphatic rings. The van der Waals surface area contributed by atoms with Crippen molar-refractivity contribution in [2.24, 2.45) is 11.5 Å². The molecule has 1 rings (SSSR count). The molecule has 0 bridgehead atoms. The van der Waals surface area contributed by atoms with Crippen molar-refractivity contribution in [1.29, 1.82) is 0 Å². The number of carbonyl (C=O) groups excluding carboxylic acids is 1. The van der Waals surface area contributed by atoms with Crippen molar-refractivity contribution in [3.8, 4) is 0 Å². The van der Waals surface area contributed by atoms with Crippen molar-refractivity contribution in [2.45, 2.75) is 12.2 Å². The molecule has 1 unspecified atom stereocenters. The lowest BCUT2D eigenvalue weighted by Crippen LogP contribution is -2.41. The molecule has 8 heteroatoms. The van der Waals surface area contributed by atoms with Gasteiger partial charge < -0.3 is 16.8 Å². The number of hydrogen-bond donors (Lipinski definition) is 3. The fraction of sp³-hybridized carbons (Fsp3) is 0.300. The lowest BCUT2D eigenvalue weighted by Gasteiger charge is -2.13. The monoisotopic (exact) mass is 281 g/mol. The van der Waals surface area contributed by atoms with Crippen LogP contribution in [-0.4, -0.2) is 18.5 Å². The summed E-state index contributed by atoms with van der Waals surface area (Å²) in [7, 11) is 0. The molecule has 0 aromatic heterocycles. The number of hydrogen-bond acceptors (Lipinski definition) is 3. The van der Waals surface area contributed by atoms with Gasteiger partial charge in [0.25, 0.3) is 0 Å². The van der Waals surface area contributed by atoms with Gasteiger partial charge in [0.05, 0.1) is 16.3 Å². The molecule has 5 N–H and O–H groups in total. The summed E-state index contributed by atoms with van der Waals surface area (Å²) in [5, 5.41) is 2.54. The number of primary amides is 1. The maximum absolute atomic E-state index is 12.4. The SMILES string of the molecule is NC(=O)C(N)CNc1ccc(C(F)(F)F)cc1Cl. The molecular weight excluding hydrogens is 271 g/mol. The Morgan fingerprint density at radius 2 is 2.06 bits per heavy atom. The fourth-order valence-electron chi connectivity index (χ4n) is 1.16. The largest absolute Gasteiger partial charge is 0.416 e. The van der Waals surface area contributed by atoms with E-state index in [1.165, 1.54) is 6.07 Å². The second kappa shape index (κ2) is 5.45. The van der Waals surface area contributed by atoms with Gasteiger partial charge in [0.2, 0.25) is 5.91 Å². The van der Waals surface area contributed by atoms with E-state index in [0.29, 0.717) is 0 Å². The van der Waals surface area contributed by atoms with E-state index < -0.39 is 23.7 Å². The topological polar surface area (TPSA) is 81.1 Å². The lowest BCUT2D eigenvalue weighted by atomic mass is 10.2. The molecule has 0 radical (unpaired) electrons. The highest BCUT2D eigenvalue weighted by Crippen LogP contribution is 2.33. The third kappa shape index (κ3) is 3.78. The van der Waals surface area contributed by atoms with E-state index in [-0.39, 0.29) is 17.3 Å². The average Bonchev–Trinajstić information content (AvgIpc) is 2.25. The van der Waals surface area contributed by atoms with Crippen LogP contribution in [0.4, 0.5) is 18.9 Å². The Morgan fingerprint density at radius 1 is 1.44 bits per heavy atom. The van der Waals surface area contributed by atoms with Crippen LogP contribution in [0, 0.1) is 0 Å². The number of anilines is 1. The van der Waals surface area contributed by atoms with Gasteiger partial charge in [-0.2, -0.15) is 13.2 Å². The number of alkyl halides is 3. The van der Waals surface area contributed by atoms with Gasteiger partial charge >= 0.3 is 6.18 Å². The summed E-state index contributed by atoms with van der Waals surface area (Å²) < 4.78 is 37.1. The lowest BCUT2D eigenvalue weighted by molar-refractivity contribution is -0.137. The second-order valence-electron chi connectivity index (χ2n) is 3.58. The molecule has 100 valence electrons. The minimum atomic E-state index is -4.45. The third-order valence-corrected chi connectivity index (χ3v) is 2.49. The first kappa shape index (κ1) is 14.6. The standard InChI is InChI=1S/C10H11ClF3N3O/c11-6-3-5(10(12,13)14)1-2-8(6)17-4-7(15)9(16)18/h1-3,7,17H,4,15H2,(H2,16,18). The molecule has 1 atom stereocenters. The van der Waals surface area contributed by atoms with E-state index >= 15 is 0 Å². The molecule has 4 nitrogen and oxygen atoms in total. The zero-order chi connectivity index (χ0) is 13.9. The Morgan fingerprint density at radius 3 is 2.50 bits per heavy atom. The number of rotatable bonds is 4. The summed E-state index contributed by atoms with van der Waals surface area (Å²) in [5.74, 6) is -0.717. The summed E-state index contributed by atoms with van der Waals surface area (Å²) in [5.41, 5.74) is 9.69. The first-order valence-corrected chi connectivity index (χ1v) is 5.25. The molecule has 1 amide bonds. The average molecular weight is 282 g/mol. The summed E-state index contributed by atoms with van der Waals surface area (Å²) in [6, 6.07) is 1.89. The van der Waals surface area contributed by atoms with E-state index in [4.69, 9.17) is 23.1 Å². The van der Waals surface area contributed by atoms with Gasteiger partial charge in [-0.25, -0.2) is 0 Å². The van der Waals surface area contributed by atoms with Gasteiger partial charge in [-0.3, -0.25) is 4.79 Å². The molecule has 0 fully saturated rings. The van der Waals surface area contributed by atoms with Crippen molar-refractivity contribution in [2.75, 3.05) is 11.9 Å². The van der Waals surface area contributed by atoms with Crippen LogP contribution in [-0.2, 0) is 11.0 Å². The highest BCUT2D eigenvalue weighted by molar-refractivity contribution is 6.33. The van der Waals surface area contributed by atoms with Crippen LogP contribution < -0.4 is 16.8 Å². The number of amides is 1. The smallest absolute Gasteiger partial charge is 0.382 e. The molecule has 0 aliphatic carbocycles. The maximum atomic E-state index is 12.4. The van der Waals surface area contributed by atoms with Crippen molar-refractivity contribution in [1.82, 2.24) is 0 Å². The molecule has 0 saturated carbocycles. The summed E-state index contributed by atoms with van der Waals surface area (Å²) in [4.78, 5) is 10.7. The van der Waals surface area contributed by atoms with Gasteiger partial charge in [-0.15, -0.1) is 0 Å². The first-order chi connectivity index (χ1) is 8.21. The van der Waals surface area contributed by atoms with Gasteiger partial charge in [0.1, 0.15) is 6.04 Å². The van der Waals surface area contributed by atoms with Gasteiger partial charge in [0.15, 0.2) is 0 Å². The molecular formula is C10H11ClF3N3O. The number of nitrogens with one attached hydrogen (secondary N) is 1. The van der Waals surface area contributed by atoms with Crippen LogP contribution in [0.5, 0.6) is 0 Å². The van der Waals surface area contributed by atoms with E-state index in [1.807, 2.05) is 0 Å². The molecule has 0 saturated heterocycles. The van der Waals surface area contributed by atoms with Crippen molar-refractivity contribution >= 4 is 23.2 Å². The number of benzene rings is 1. The zero-order valence-electron chi connectivity index (χ0n) is 9.09. The predicted octanol–water partition coefficient (Wildman–Crippen LogP) is 1.58. The molecule has 0 heterocycles. The van der Waals surface area contributed by atoms with E-state index in [2.05, 4.69) is 5.32 Å². The Hall–Kier alpha value is -1.47. The van der Waals surface area contributed by atoms with Crippen LogP contribution in [0.15, 0.2) is 18.2 Å². The number of halogens is 4. The van der Waals surface area contributed by atoms with E-state index in [9.17, 15) is 18.0 Å². The first-order valence-electron chi connectivity index (χ1n) is 4.87. The normalized spacial score (nSPS) is 13.2. The van der Waals surface area contributed by atoms with Crippen molar-refractivity contribution < 1.29 is 18.0 Å². The Balaban J connectivity index is 2.78. The Labute approximate surface area is 106 Å². The van der Waals surface area contributed by atoms with Gasteiger partial charge in [-0.05, 0) is 18.2 Å². The van der Waals surface area contributed by atoms with Crippen molar-refractivity contribution in [3.05, 3.63) is 28.8 Å². The van der Waals surface area contributed by atoms with Crippen LogP contribution in [0.1, 0.15) is 5.56 Å². The summed E-state index contributed by atoms with van der Waals surface area (Å²) in [6.07, 6.45) is -4.45. The van der Waals surface area contributed by atoms with Crippen molar-refractivity contribution in [3.63, 3.8) is 0 Å². The van der Waals surface area contributed by atoms with E-state index in [1.54, 1.807) is 0 Å². The summed E-state index contributed by atoms with van der Waals surface area (Å²) >= 11 is 5.68. The zero-order valence-corrected chi connectivity index (χ0v) is 9.85. The van der Waals surface area contributed by atoms with Gasteiger partial charge in [-0.1, -0.05) is 11.6 Å². The highest BCUT2D eigenvalue weighted by atomic mass is 35.5. The minimum Gasteiger partial charge on any atom is -0.382 e. The van der Waals surface area contributed by atoms with E-state index in [0.717, 1.165) is 12.1 Å². The third-order valence-electron chi connectivity index (χ3n) is 2.17. The Bertz CT molecular complexity index is 450. The molecule has 0 spiro atoms. The highest BCUT2D eigenvalue weighted by Gasteiger charge is 2.30. The number of carbonyl (C=O) groups is 1. The van der Waals surface area contributed by atoms with Crippen LogP contribution in [0.25, 0.3) is 0 Å². The maximum Gasteiger partial charge on any atom is 0.416 e. The fourth-order valence-corrected chi connectivity index (χ4v) is 1.40. The molecule has 1 aromatic carbocycles. The minimum absolute atomic E-state index is 0.0135. The Kier molecular flexibility index (Phi) is 4.42. The molecule has 1 aromatic rings. The van der Waals surface area contributed by atoms with Crippen LogP contribution >= 0.6 is 11.6 Å². The molecule has 18 heavy (non-hydrogen) atoms. The second-order valence-corrected chi connectivity index (χ2v) is 3.99.